The number of benzene rings is 1. The van der Waals surface area contributed by atoms with Gasteiger partial charge in [-0.3, -0.25) is 4.79 Å². The first-order valence-electron chi connectivity index (χ1n) is 7.83. The normalized spacial score (nSPS) is 11.5. The molecule has 1 amide bonds. The fourth-order valence-electron chi connectivity index (χ4n) is 2.77. The highest BCUT2D eigenvalue weighted by Crippen LogP contribution is 2.30. The van der Waals surface area contributed by atoms with Crippen molar-refractivity contribution in [2.24, 2.45) is 0 Å². The summed E-state index contributed by atoms with van der Waals surface area (Å²) < 4.78 is 40.4. The molecule has 0 spiro atoms. The van der Waals surface area contributed by atoms with E-state index in [1.807, 2.05) is 13.1 Å². The van der Waals surface area contributed by atoms with E-state index < -0.39 is 11.7 Å². The molecule has 0 saturated heterocycles. The standard InChI is InChI=1S/C19H16F3N3O/c1-3-17(26)24-15-8-16-12(2)10-25(18(16)23-9-15)11-13-5-4-6-14(7-13)19(20,21)22/h3-10H,1,11H2,2H3,(H,24,26). The van der Waals surface area contributed by atoms with Crippen LogP contribution in [0.15, 0.2) is 55.4 Å². The van der Waals surface area contributed by atoms with E-state index in [-0.39, 0.29) is 12.5 Å². The molecule has 134 valence electrons. The summed E-state index contributed by atoms with van der Waals surface area (Å²) in [6.07, 6.45) is 0.125. The van der Waals surface area contributed by atoms with E-state index in [1.165, 1.54) is 12.3 Å². The molecule has 0 aliphatic carbocycles. The Morgan fingerprint density at radius 3 is 2.81 bits per heavy atom. The monoisotopic (exact) mass is 359 g/mol. The number of aromatic nitrogens is 2. The van der Waals surface area contributed by atoms with Gasteiger partial charge in [0.25, 0.3) is 0 Å². The van der Waals surface area contributed by atoms with Gasteiger partial charge in [-0.15, -0.1) is 0 Å². The van der Waals surface area contributed by atoms with Gasteiger partial charge in [-0.1, -0.05) is 18.7 Å². The van der Waals surface area contributed by atoms with Crippen LogP contribution in [-0.2, 0) is 17.5 Å². The van der Waals surface area contributed by atoms with E-state index >= 15 is 0 Å². The Hall–Kier alpha value is -3.09. The molecule has 26 heavy (non-hydrogen) atoms. The molecule has 0 saturated carbocycles. The topological polar surface area (TPSA) is 46.9 Å². The molecule has 1 N–H and O–H groups in total. The molecule has 2 aromatic heterocycles. The smallest absolute Gasteiger partial charge is 0.328 e. The van der Waals surface area contributed by atoms with Crippen LogP contribution in [0, 0.1) is 6.92 Å². The molecule has 7 heteroatoms. The van der Waals surface area contributed by atoms with Crippen LogP contribution in [0.4, 0.5) is 18.9 Å². The number of hydrogen-bond acceptors (Lipinski definition) is 2. The quantitative estimate of drug-likeness (QED) is 0.696. The van der Waals surface area contributed by atoms with Crippen LogP contribution in [0.5, 0.6) is 0 Å². The van der Waals surface area contributed by atoms with Gasteiger partial charge in [0.15, 0.2) is 0 Å². The van der Waals surface area contributed by atoms with E-state index in [2.05, 4.69) is 16.9 Å². The Labute approximate surface area is 148 Å². The molecule has 0 aliphatic rings. The predicted octanol–water partition coefficient (Wildman–Crippen LogP) is 4.54. The van der Waals surface area contributed by atoms with Gasteiger partial charge in [-0.05, 0) is 42.3 Å². The van der Waals surface area contributed by atoms with Crippen molar-refractivity contribution in [2.75, 3.05) is 5.32 Å². The van der Waals surface area contributed by atoms with Gasteiger partial charge >= 0.3 is 6.18 Å². The number of alkyl halides is 3. The van der Waals surface area contributed by atoms with Crippen LogP contribution in [0.3, 0.4) is 0 Å². The van der Waals surface area contributed by atoms with Gasteiger partial charge in [0.05, 0.1) is 17.4 Å². The highest BCUT2D eigenvalue weighted by atomic mass is 19.4. The summed E-state index contributed by atoms with van der Waals surface area (Å²) in [5.74, 6) is -0.341. The maximum Gasteiger partial charge on any atom is 0.416 e. The third kappa shape index (κ3) is 3.61. The molecule has 1 aromatic carbocycles. The van der Waals surface area contributed by atoms with Crippen molar-refractivity contribution in [3.63, 3.8) is 0 Å². The van der Waals surface area contributed by atoms with Crippen LogP contribution in [0.2, 0.25) is 0 Å². The van der Waals surface area contributed by atoms with E-state index in [9.17, 15) is 18.0 Å². The fraction of sp³-hybridized carbons (Fsp3) is 0.158. The number of carbonyl (C=O) groups excluding carboxylic acids is 1. The number of fused-ring (bicyclic) bond motifs is 1. The summed E-state index contributed by atoms with van der Waals surface area (Å²) in [5.41, 5.74) is 1.93. The number of halogens is 3. The zero-order valence-electron chi connectivity index (χ0n) is 14.0. The van der Waals surface area contributed by atoms with Crippen molar-refractivity contribution in [1.29, 1.82) is 0 Å². The Morgan fingerprint density at radius 2 is 2.12 bits per heavy atom. The number of nitrogens with one attached hydrogen (secondary N) is 1. The first-order chi connectivity index (χ1) is 12.3. The van der Waals surface area contributed by atoms with Crippen LogP contribution in [-0.4, -0.2) is 15.5 Å². The minimum atomic E-state index is -4.37. The Morgan fingerprint density at radius 1 is 1.35 bits per heavy atom. The lowest BCUT2D eigenvalue weighted by atomic mass is 10.1. The molecule has 0 bridgehead atoms. The van der Waals surface area contributed by atoms with Crippen molar-refractivity contribution in [1.82, 2.24) is 9.55 Å². The fourth-order valence-corrected chi connectivity index (χ4v) is 2.77. The van der Waals surface area contributed by atoms with Gasteiger partial charge in [-0.25, -0.2) is 4.98 Å². The SMILES string of the molecule is C=CC(=O)Nc1cnc2c(c1)c(C)cn2Cc1cccc(C(F)(F)F)c1. The lowest BCUT2D eigenvalue weighted by molar-refractivity contribution is -0.137. The summed E-state index contributed by atoms with van der Waals surface area (Å²) >= 11 is 0. The molecular formula is C19H16F3N3O. The number of carbonyl (C=O) groups is 1. The zero-order valence-corrected chi connectivity index (χ0v) is 14.0. The van der Waals surface area contributed by atoms with Crippen LogP contribution < -0.4 is 5.32 Å². The lowest BCUT2D eigenvalue weighted by Crippen LogP contribution is -2.08. The molecule has 0 aliphatic heterocycles. The summed E-state index contributed by atoms with van der Waals surface area (Å²) in [6, 6.07) is 7.01. The van der Waals surface area contributed by atoms with Crippen molar-refractivity contribution < 1.29 is 18.0 Å². The number of pyridine rings is 1. The number of amides is 1. The Kier molecular flexibility index (Phi) is 4.54. The first kappa shape index (κ1) is 17.7. The minimum Gasteiger partial charge on any atom is -0.328 e. The molecule has 0 unspecified atom stereocenters. The molecule has 3 aromatic rings. The molecule has 0 atom stereocenters. The highest BCUT2D eigenvalue weighted by molar-refractivity contribution is 6.00. The number of rotatable bonds is 4. The molecule has 4 nitrogen and oxygen atoms in total. The number of aryl methyl sites for hydroxylation is 1. The number of nitrogens with zero attached hydrogens (tertiary/aromatic N) is 2. The average molecular weight is 359 g/mol. The van der Waals surface area contributed by atoms with E-state index in [0.29, 0.717) is 16.9 Å². The van der Waals surface area contributed by atoms with Gasteiger partial charge < -0.3 is 9.88 Å². The second kappa shape index (κ2) is 6.67. The van der Waals surface area contributed by atoms with Crippen LogP contribution in [0.25, 0.3) is 11.0 Å². The maximum atomic E-state index is 12.9. The third-order valence-corrected chi connectivity index (χ3v) is 3.97. The molecule has 0 radical (unpaired) electrons. The lowest BCUT2D eigenvalue weighted by Gasteiger charge is -2.10. The van der Waals surface area contributed by atoms with E-state index in [1.54, 1.807) is 16.7 Å². The molecular weight excluding hydrogens is 343 g/mol. The summed E-state index contributed by atoms with van der Waals surface area (Å²) in [4.78, 5) is 15.8. The van der Waals surface area contributed by atoms with Crippen molar-refractivity contribution >= 4 is 22.6 Å². The Bertz CT molecular complexity index is 989. The maximum absolute atomic E-state index is 12.9. The molecule has 0 fully saturated rings. The predicted molar refractivity (Wildman–Crippen MR) is 93.8 cm³/mol. The minimum absolute atomic E-state index is 0.264. The van der Waals surface area contributed by atoms with Crippen LogP contribution >= 0.6 is 0 Å². The highest BCUT2D eigenvalue weighted by Gasteiger charge is 2.30. The summed E-state index contributed by atoms with van der Waals surface area (Å²) in [7, 11) is 0. The average Bonchev–Trinajstić information content (AvgIpc) is 2.90. The van der Waals surface area contributed by atoms with E-state index in [0.717, 1.165) is 29.2 Å². The third-order valence-electron chi connectivity index (χ3n) is 3.97. The van der Waals surface area contributed by atoms with Gasteiger partial charge in [0.2, 0.25) is 5.91 Å². The summed E-state index contributed by atoms with van der Waals surface area (Å²) in [6.45, 7) is 5.54. The van der Waals surface area contributed by atoms with Crippen molar-refractivity contribution in [3.05, 3.63) is 72.1 Å². The second-order valence-electron chi connectivity index (χ2n) is 5.93. The second-order valence-corrected chi connectivity index (χ2v) is 5.93. The first-order valence-corrected chi connectivity index (χ1v) is 7.83. The number of hydrogen-bond donors (Lipinski definition) is 1. The van der Waals surface area contributed by atoms with Crippen molar-refractivity contribution in [2.45, 2.75) is 19.6 Å². The van der Waals surface area contributed by atoms with Gasteiger partial charge in [0.1, 0.15) is 5.65 Å². The number of anilines is 1. The zero-order chi connectivity index (χ0) is 18.9. The van der Waals surface area contributed by atoms with Gasteiger partial charge in [-0.2, -0.15) is 13.2 Å². The largest absolute Gasteiger partial charge is 0.416 e. The van der Waals surface area contributed by atoms with E-state index in [4.69, 9.17) is 0 Å². The summed E-state index contributed by atoms with van der Waals surface area (Å²) in [5, 5.41) is 3.46. The Balaban J connectivity index is 1.94. The molecule has 3 rings (SSSR count). The molecule has 2 heterocycles. The van der Waals surface area contributed by atoms with Crippen LogP contribution in [0.1, 0.15) is 16.7 Å². The van der Waals surface area contributed by atoms with Gasteiger partial charge in [0, 0.05) is 18.1 Å². The van der Waals surface area contributed by atoms with Crippen molar-refractivity contribution in [3.8, 4) is 0 Å².